The van der Waals surface area contributed by atoms with Gasteiger partial charge in [0, 0.05) is 28.8 Å². The molecule has 2 heteroatoms. The van der Waals surface area contributed by atoms with Crippen LogP contribution >= 0.6 is 11.3 Å². The van der Waals surface area contributed by atoms with Crippen molar-refractivity contribution < 1.29 is 0 Å². The van der Waals surface area contributed by atoms with Gasteiger partial charge in [-0.3, -0.25) is 0 Å². The Bertz CT molecular complexity index is 265. The molecule has 0 saturated heterocycles. The van der Waals surface area contributed by atoms with Crippen LogP contribution in [0.1, 0.15) is 28.2 Å². The second-order valence-corrected chi connectivity index (χ2v) is 4.57. The summed E-state index contributed by atoms with van der Waals surface area (Å²) in [5, 5.41) is 3.41. The summed E-state index contributed by atoms with van der Waals surface area (Å²) in [5.41, 5.74) is 1.52. The van der Waals surface area contributed by atoms with Crippen LogP contribution in [0.5, 0.6) is 0 Å². The molecule has 0 amide bonds. The van der Waals surface area contributed by atoms with E-state index in [1.54, 1.807) is 4.88 Å². The topological polar surface area (TPSA) is 12.0 Å². The van der Waals surface area contributed by atoms with Gasteiger partial charge in [0.2, 0.25) is 0 Å². The molecule has 1 N–H and O–H groups in total. The van der Waals surface area contributed by atoms with E-state index < -0.39 is 0 Å². The van der Waals surface area contributed by atoms with Crippen molar-refractivity contribution in [1.29, 1.82) is 0 Å². The first kappa shape index (κ1) is 7.32. The van der Waals surface area contributed by atoms with Gasteiger partial charge >= 0.3 is 0 Å². The molecular formula is C9H13NS. The number of hydrogen-bond donors (Lipinski definition) is 1. The van der Waals surface area contributed by atoms with E-state index in [9.17, 15) is 0 Å². The molecule has 11 heavy (non-hydrogen) atoms. The highest BCUT2D eigenvalue weighted by Gasteiger charge is 2.17. The fourth-order valence-electron chi connectivity index (χ4n) is 1.66. The molecule has 0 aliphatic carbocycles. The van der Waals surface area contributed by atoms with Crippen molar-refractivity contribution in [3.05, 3.63) is 21.4 Å². The van der Waals surface area contributed by atoms with Crippen LogP contribution in [0.3, 0.4) is 0 Å². The van der Waals surface area contributed by atoms with Crippen LogP contribution < -0.4 is 5.32 Å². The number of thiophene rings is 1. The number of nitrogens with one attached hydrogen (secondary N) is 1. The van der Waals surface area contributed by atoms with Crippen molar-refractivity contribution in [1.82, 2.24) is 5.32 Å². The fraction of sp³-hybridized carbons (Fsp3) is 0.556. The van der Waals surface area contributed by atoms with Crippen LogP contribution in [0.2, 0.25) is 0 Å². The zero-order chi connectivity index (χ0) is 7.84. The highest BCUT2D eigenvalue weighted by atomic mass is 32.1. The molecule has 1 aliphatic heterocycles. The van der Waals surface area contributed by atoms with E-state index in [0.29, 0.717) is 0 Å². The highest BCUT2D eigenvalue weighted by Crippen LogP contribution is 2.31. The van der Waals surface area contributed by atoms with Gasteiger partial charge in [0.1, 0.15) is 0 Å². The van der Waals surface area contributed by atoms with Gasteiger partial charge in [-0.05, 0) is 18.6 Å². The molecule has 1 aromatic heterocycles. The maximum atomic E-state index is 3.41. The molecule has 1 atom stereocenters. The predicted molar refractivity (Wildman–Crippen MR) is 49.2 cm³/mol. The zero-order valence-electron chi connectivity index (χ0n) is 6.98. The Kier molecular flexibility index (Phi) is 1.74. The molecule has 1 unspecified atom stereocenters. The summed E-state index contributed by atoms with van der Waals surface area (Å²) >= 11 is 1.96. The molecule has 0 radical (unpaired) electrons. The molecule has 2 heterocycles. The average Bonchev–Trinajstić information content (AvgIpc) is 2.31. The lowest BCUT2D eigenvalue weighted by molar-refractivity contribution is 0.581. The number of hydrogen-bond acceptors (Lipinski definition) is 2. The summed E-state index contributed by atoms with van der Waals surface area (Å²) in [7, 11) is 0. The lowest BCUT2D eigenvalue weighted by Crippen LogP contribution is -2.24. The van der Waals surface area contributed by atoms with Crippen LogP contribution in [0, 0.1) is 6.92 Å². The van der Waals surface area contributed by atoms with Crippen molar-refractivity contribution in [2.45, 2.75) is 26.3 Å². The first-order valence-corrected chi connectivity index (χ1v) is 4.89. The molecule has 2 rings (SSSR count). The van der Waals surface area contributed by atoms with Gasteiger partial charge in [0.15, 0.2) is 0 Å². The van der Waals surface area contributed by atoms with E-state index in [-0.39, 0.29) is 0 Å². The Morgan fingerprint density at radius 1 is 1.64 bits per heavy atom. The molecule has 0 fully saturated rings. The normalized spacial score (nSPS) is 23.3. The van der Waals surface area contributed by atoms with E-state index in [1.165, 1.54) is 10.4 Å². The number of aryl methyl sites for hydroxylation is 1. The Morgan fingerprint density at radius 2 is 2.45 bits per heavy atom. The van der Waals surface area contributed by atoms with E-state index in [0.717, 1.165) is 19.0 Å². The third-order valence-corrected chi connectivity index (χ3v) is 3.50. The molecule has 1 nitrogen and oxygen atoms in total. The summed E-state index contributed by atoms with van der Waals surface area (Å²) < 4.78 is 0. The minimum absolute atomic E-state index is 0.720. The van der Waals surface area contributed by atoms with Crippen LogP contribution in [-0.2, 0) is 6.54 Å². The van der Waals surface area contributed by atoms with Crippen molar-refractivity contribution in [2.75, 3.05) is 6.54 Å². The van der Waals surface area contributed by atoms with Crippen molar-refractivity contribution in [3.63, 3.8) is 0 Å². The third-order valence-electron chi connectivity index (χ3n) is 2.18. The zero-order valence-corrected chi connectivity index (χ0v) is 7.79. The van der Waals surface area contributed by atoms with Crippen LogP contribution in [-0.4, -0.2) is 6.54 Å². The largest absolute Gasteiger partial charge is 0.312 e. The minimum atomic E-state index is 0.720. The fourth-order valence-corrected chi connectivity index (χ4v) is 2.75. The lowest BCUT2D eigenvalue weighted by Gasteiger charge is -2.18. The van der Waals surface area contributed by atoms with Crippen LogP contribution in [0.25, 0.3) is 0 Å². The van der Waals surface area contributed by atoms with E-state index in [4.69, 9.17) is 0 Å². The SMILES string of the molecule is Cc1cc2c(s1)C(C)CNC2. The van der Waals surface area contributed by atoms with E-state index >= 15 is 0 Å². The van der Waals surface area contributed by atoms with Gasteiger partial charge in [-0.15, -0.1) is 11.3 Å². The van der Waals surface area contributed by atoms with Gasteiger partial charge < -0.3 is 5.32 Å². The van der Waals surface area contributed by atoms with Crippen molar-refractivity contribution in [3.8, 4) is 0 Å². The maximum absolute atomic E-state index is 3.41. The molecule has 0 bridgehead atoms. The summed E-state index contributed by atoms with van der Waals surface area (Å²) in [4.78, 5) is 3.05. The Morgan fingerprint density at radius 3 is 3.18 bits per heavy atom. The van der Waals surface area contributed by atoms with Crippen molar-refractivity contribution >= 4 is 11.3 Å². The molecule has 1 aliphatic rings. The monoisotopic (exact) mass is 167 g/mol. The lowest BCUT2D eigenvalue weighted by atomic mass is 10.0. The van der Waals surface area contributed by atoms with Gasteiger partial charge in [-0.25, -0.2) is 0 Å². The van der Waals surface area contributed by atoms with Crippen molar-refractivity contribution in [2.24, 2.45) is 0 Å². The molecular weight excluding hydrogens is 154 g/mol. The van der Waals surface area contributed by atoms with Crippen LogP contribution in [0.4, 0.5) is 0 Å². The summed E-state index contributed by atoms with van der Waals surface area (Å²) in [6, 6.07) is 2.31. The second kappa shape index (κ2) is 2.61. The van der Waals surface area contributed by atoms with Gasteiger partial charge in [0.25, 0.3) is 0 Å². The Hall–Kier alpha value is -0.340. The standard InChI is InChI=1S/C9H13NS/c1-6-4-10-5-8-3-7(2)11-9(6)8/h3,6,10H,4-5H2,1-2H3. The van der Waals surface area contributed by atoms with Gasteiger partial charge in [-0.2, -0.15) is 0 Å². The number of fused-ring (bicyclic) bond motifs is 1. The quantitative estimate of drug-likeness (QED) is 0.625. The molecule has 60 valence electrons. The molecule has 0 saturated carbocycles. The average molecular weight is 167 g/mol. The third kappa shape index (κ3) is 1.21. The maximum Gasteiger partial charge on any atom is 0.0216 e. The Balaban J connectivity index is 2.43. The second-order valence-electron chi connectivity index (χ2n) is 3.28. The first-order valence-electron chi connectivity index (χ1n) is 4.07. The smallest absolute Gasteiger partial charge is 0.0216 e. The highest BCUT2D eigenvalue weighted by molar-refractivity contribution is 7.12. The first-order chi connectivity index (χ1) is 5.27. The minimum Gasteiger partial charge on any atom is -0.312 e. The van der Waals surface area contributed by atoms with Gasteiger partial charge in [-0.1, -0.05) is 6.92 Å². The molecule has 0 spiro atoms. The molecule has 0 aromatic carbocycles. The summed E-state index contributed by atoms with van der Waals surface area (Å²) in [5.74, 6) is 0.720. The van der Waals surface area contributed by atoms with Gasteiger partial charge in [0.05, 0.1) is 0 Å². The van der Waals surface area contributed by atoms with E-state index in [1.807, 2.05) is 11.3 Å². The molecule has 1 aromatic rings. The predicted octanol–water partition coefficient (Wildman–Crippen LogP) is 2.26. The Labute approximate surface area is 71.4 Å². The summed E-state index contributed by atoms with van der Waals surface area (Å²) in [6.07, 6.45) is 0. The van der Waals surface area contributed by atoms with Crippen LogP contribution in [0.15, 0.2) is 6.07 Å². The van der Waals surface area contributed by atoms with E-state index in [2.05, 4.69) is 25.2 Å². The number of rotatable bonds is 0. The summed E-state index contributed by atoms with van der Waals surface area (Å²) in [6.45, 7) is 6.70.